The van der Waals surface area contributed by atoms with E-state index in [0.717, 1.165) is 24.8 Å². The van der Waals surface area contributed by atoms with Gasteiger partial charge in [-0.25, -0.2) is 4.99 Å². The van der Waals surface area contributed by atoms with Crippen LogP contribution < -0.4 is 10.1 Å². The van der Waals surface area contributed by atoms with Gasteiger partial charge in [0.2, 0.25) is 5.89 Å². The molecule has 0 atom stereocenters. The molecular formula is C19H29N5O2. The molecule has 0 saturated heterocycles. The lowest BCUT2D eigenvalue weighted by molar-refractivity contribution is 0.318. The SMILES string of the molecule is CCNC(=NCc1noc(C(C)(C)C)n1)N(C)Cc1ccc(OC)cc1. The van der Waals surface area contributed by atoms with E-state index in [1.54, 1.807) is 7.11 Å². The van der Waals surface area contributed by atoms with Crippen molar-refractivity contribution in [3.05, 3.63) is 41.5 Å². The summed E-state index contributed by atoms with van der Waals surface area (Å²) in [5.74, 6) is 2.86. The third kappa shape index (κ3) is 5.47. The van der Waals surface area contributed by atoms with Crippen molar-refractivity contribution in [3.63, 3.8) is 0 Å². The molecule has 7 nitrogen and oxygen atoms in total. The second kappa shape index (κ2) is 8.69. The predicted octanol–water partition coefficient (Wildman–Crippen LogP) is 2.97. The largest absolute Gasteiger partial charge is 0.497 e. The van der Waals surface area contributed by atoms with Gasteiger partial charge in [-0.1, -0.05) is 38.1 Å². The first kappa shape index (κ1) is 19.8. The second-order valence-electron chi connectivity index (χ2n) is 7.14. The van der Waals surface area contributed by atoms with Crippen LogP contribution in [0.25, 0.3) is 0 Å². The van der Waals surface area contributed by atoms with Crippen LogP contribution >= 0.6 is 0 Å². The smallest absolute Gasteiger partial charge is 0.232 e. The summed E-state index contributed by atoms with van der Waals surface area (Å²) in [5.41, 5.74) is 1.01. The molecule has 0 saturated carbocycles. The van der Waals surface area contributed by atoms with Crippen LogP contribution in [0.3, 0.4) is 0 Å². The molecule has 0 radical (unpaired) electrons. The zero-order valence-electron chi connectivity index (χ0n) is 16.5. The molecule has 26 heavy (non-hydrogen) atoms. The summed E-state index contributed by atoms with van der Waals surface area (Å²) in [5, 5.41) is 7.32. The van der Waals surface area contributed by atoms with Gasteiger partial charge in [0.25, 0.3) is 0 Å². The fraction of sp³-hybridized carbons (Fsp3) is 0.526. The molecule has 0 amide bonds. The normalized spacial score (nSPS) is 12.2. The third-order valence-electron chi connectivity index (χ3n) is 3.76. The number of benzene rings is 1. The average molecular weight is 359 g/mol. The molecule has 7 heteroatoms. The number of guanidine groups is 1. The molecule has 0 aliphatic heterocycles. The molecule has 0 unspecified atom stereocenters. The zero-order valence-corrected chi connectivity index (χ0v) is 16.5. The van der Waals surface area contributed by atoms with E-state index in [4.69, 9.17) is 9.26 Å². The van der Waals surface area contributed by atoms with Crippen molar-refractivity contribution in [1.82, 2.24) is 20.4 Å². The topological polar surface area (TPSA) is 75.8 Å². The molecule has 1 N–H and O–H groups in total. The van der Waals surface area contributed by atoms with Crippen LogP contribution in [-0.4, -0.2) is 41.7 Å². The van der Waals surface area contributed by atoms with Crippen LogP contribution in [0.15, 0.2) is 33.8 Å². The number of aliphatic imine (C=N–C) groups is 1. The van der Waals surface area contributed by atoms with Gasteiger partial charge in [-0.2, -0.15) is 4.98 Å². The molecule has 2 aromatic rings. The van der Waals surface area contributed by atoms with E-state index >= 15 is 0 Å². The Morgan fingerprint density at radius 3 is 2.50 bits per heavy atom. The second-order valence-corrected chi connectivity index (χ2v) is 7.14. The van der Waals surface area contributed by atoms with Gasteiger partial charge in [0, 0.05) is 25.6 Å². The molecule has 0 aliphatic carbocycles. The van der Waals surface area contributed by atoms with E-state index in [9.17, 15) is 0 Å². The minimum atomic E-state index is -0.162. The summed E-state index contributed by atoms with van der Waals surface area (Å²) in [6.45, 7) is 10.1. The number of hydrogen-bond acceptors (Lipinski definition) is 5. The highest BCUT2D eigenvalue weighted by molar-refractivity contribution is 5.79. The van der Waals surface area contributed by atoms with Gasteiger partial charge in [-0.15, -0.1) is 0 Å². The Hall–Kier alpha value is -2.57. The van der Waals surface area contributed by atoms with Crippen molar-refractivity contribution >= 4 is 5.96 Å². The Bertz CT molecular complexity index is 716. The van der Waals surface area contributed by atoms with E-state index in [1.165, 1.54) is 5.56 Å². The van der Waals surface area contributed by atoms with Crippen LogP contribution in [0, 0.1) is 0 Å². The standard InChI is InChI=1S/C19H29N5O2/c1-7-20-18(21-12-16-22-17(26-23-16)19(2,3)4)24(5)13-14-8-10-15(25-6)11-9-14/h8-11H,7,12-13H2,1-6H3,(H,20,21). The Labute approximate surface area is 155 Å². The predicted molar refractivity (Wildman–Crippen MR) is 102 cm³/mol. The monoisotopic (exact) mass is 359 g/mol. The summed E-state index contributed by atoms with van der Waals surface area (Å²) < 4.78 is 10.5. The minimum absolute atomic E-state index is 0.162. The Morgan fingerprint density at radius 1 is 1.27 bits per heavy atom. The molecule has 142 valence electrons. The number of ether oxygens (including phenoxy) is 1. The molecule has 2 rings (SSSR count). The van der Waals surface area contributed by atoms with Crippen molar-refractivity contribution in [1.29, 1.82) is 0 Å². The van der Waals surface area contributed by atoms with Crippen molar-refractivity contribution < 1.29 is 9.26 Å². The van der Waals surface area contributed by atoms with Gasteiger partial charge in [0.05, 0.1) is 7.11 Å². The fourth-order valence-corrected chi connectivity index (χ4v) is 2.32. The van der Waals surface area contributed by atoms with E-state index in [-0.39, 0.29) is 5.41 Å². The lowest BCUT2D eigenvalue weighted by atomic mass is 9.97. The highest BCUT2D eigenvalue weighted by Gasteiger charge is 2.21. The molecule has 0 spiro atoms. The fourth-order valence-electron chi connectivity index (χ4n) is 2.32. The van der Waals surface area contributed by atoms with Crippen LogP contribution in [0.2, 0.25) is 0 Å². The number of nitrogens with one attached hydrogen (secondary N) is 1. The minimum Gasteiger partial charge on any atom is -0.497 e. The lowest BCUT2D eigenvalue weighted by Crippen LogP contribution is -2.38. The number of aromatic nitrogens is 2. The highest BCUT2D eigenvalue weighted by Crippen LogP contribution is 2.19. The first-order chi connectivity index (χ1) is 12.3. The van der Waals surface area contributed by atoms with E-state index in [2.05, 4.69) is 25.3 Å². The summed E-state index contributed by atoms with van der Waals surface area (Å²) in [4.78, 5) is 11.1. The first-order valence-corrected chi connectivity index (χ1v) is 8.79. The highest BCUT2D eigenvalue weighted by atomic mass is 16.5. The third-order valence-corrected chi connectivity index (χ3v) is 3.76. The summed E-state index contributed by atoms with van der Waals surface area (Å²) in [6, 6.07) is 8.02. The average Bonchev–Trinajstić information content (AvgIpc) is 3.08. The number of hydrogen-bond donors (Lipinski definition) is 1. The van der Waals surface area contributed by atoms with Crippen molar-refractivity contribution in [3.8, 4) is 5.75 Å². The van der Waals surface area contributed by atoms with Gasteiger partial charge < -0.3 is 19.5 Å². The Balaban J connectivity index is 2.05. The van der Waals surface area contributed by atoms with E-state index < -0.39 is 0 Å². The first-order valence-electron chi connectivity index (χ1n) is 8.79. The van der Waals surface area contributed by atoms with Crippen LogP contribution in [0.5, 0.6) is 5.75 Å². The van der Waals surface area contributed by atoms with E-state index in [0.29, 0.717) is 18.3 Å². The van der Waals surface area contributed by atoms with Crippen LogP contribution in [0.1, 0.15) is 45.0 Å². The quantitative estimate of drug-likeness (QED) is 0.631. The number of methoxy groups -OCH3 is 1. The van der Waals surface area contributed by atoms with Crippen LogP contribution in [0.4, 0.5) is 0 Å². The Kier molecular flexibility index (Phi) is 6.60. The van der Waals surface area contributed by atoms with Crippen LogP contribution in [-0.2, 0) is 18.5 Å². The lowest BCUT2D eigenvalue weighted by Gasteiger charge is -2.22. The van der Waals surface area contributed by atoms with Crippen molar-refractivity contribution in [2.75, 3.05) is 20.7 Å². The molecule has 0 aliphatic rings. The van der Waals surface area contributed by atoms with Gasteiger partial charge in [-0.3, -0.25) is 0 Å². The van der Waals surface area contributed by atoms with Gasteiger partial charge in [0.15, 0.2) is 11.8 Å². The maximum Gasteiger partial charge on any atom is 0.232 e. The molecule has 1 heterocycles. The number of nitrogens with zero attached hydrogens (tertiary/aromatic N) is 4. The summed E-state index contributed by atoms with van der Waals surface area (Å²) in [7, 11) is 3.67. The zero-order chi connectivity index (χ0) is 19.2. The Morgan fingerprint density at radius 2 is 1.96 bits per heavy atom. The molecule has 0 fully saturated rings. The van der Waals surface area contributed by atoms with Gasteiger partial charge >= 0.3 is 0 Å². The maximum absolute atomic E-state index is 5.32. The number of rotatable bonds is 6. The van der Waals surface area contributed by atoms with Gasteiger partial charge in [0.1, 0.15) is 12.3 Å². The van der Waals surface area contributed by atoms with Crippen molar-refractivity contribution in [2.24, 2.45) is 4.99 Å². The summed E-state index contributed by atoms with van der Waals surface area (Å²) in [6.07, 6.45) is 0. The maximum atomic E-state index is 5.32. The summed E-state index contributed by atoms with van der Waals surface area (Å²) >= 11 is 0. The molecule has 1 aromatic carbocycles. The van der Waals surface area contributed by atoms with E-state index in [1.807, 2.05) is 59.0 Å². The van der Waals surface area contributed by atoms with Gasteiger partial charge in [-0.05, 0) is 24.6 Å². The molecule has 0 bridgehead atoms. The molecule has 1 aromatic heterocycles. The van der Waals surface area contributed by atoms with Crippen molar-refractivity contribution in [2.45, 2.75) is 46.2 Å². The molecular weight excluding hydrogens is 330 g/mol.